The summed E-state index contributed by atoms with van der Waals surface area (Å²) in [6.07, 6.45) is 4.43. The first-order valence-corrected chi connectivity index (χ1v) is 8.22. The Hall–Kier alpha value is -1.68. The molecule has 0 aliphatic rings. The van der Waals surface area contributed by atoms with Crippen molar-refractivity contribution in [2.75, 3.05) is 6.54 Å². The third kappa shape index (κ3) is 6.39. The molecule has 1 aromatic carbocycles. The van der Waals surface area contributed by atoms with Crippen molar-refractivity contribution in [3.05, 3.63) is 35.4 Å². The van der Waals surface area contributed by atoms with E-state index in [4.69, 9.17) is 5.73 Å². The van der Waals surface area contributed by atoms with E-state index < -0.39 is 0 Å². The topological polar surface area (TPSA) is 72.2 Å². The Morgan fingerprint density at radius 3 is 2.36 bits per heavy atom. The van der Waals surface area contributed by atoms with Crippen LogP contribution in [-0.2, 0) is 11.2 Å². The lowest BCUT2D eigenvalue weighted by Crippen LogP contribution is -2.40. The first kappa shape index (κ1) is 18.4. The Bertz CT molecular complexity index is 468. The van der Waals surface area contributed by atoms with Crippen LogP contribution in [-0.4, -0.2) is 24.3 Å². The van der Waals surface area contributed by atoms with E-state index >= 15 is 0 Å². The molecule has 0 spiro atoms. The number of Topliss-reactive ketones (excluding diaryl/α,β-unsaturated/α-hetero) is 1. The van der Waals surface area contributed by atoms with Gasteiger partial charge in [0.05, 0.1) is 0 Å². The summed E-state index contributed by atoms with van der Waals surface area (Å²) in [6, 6.07) is 7.61. The summed E-state index contributed by atoms with van der Waals surface area (Å²) < 4.78 is 0. The minimum atomic E-state index is -0.0925. The molecule has 3 N–H and O–H groups in total. The molecule has 4 nitrogen and oxygen atoms in total. The highest BCUT2D eigenvalue weighted by Crippen LogP contribution is 2.09. The van der Waals surface area contributed by atoms with Crippen LogP contribution in [0.25, 0.3) is 0 Å². The van der Waals surface area contributed by atoms with Crippen molar-refractivity contribution in [1.82, 2.24) is 5.32 Å². The zero-order valence-electron chi connectivity index (χ0n) is 13.7. The van der Waals surface area contributed by atoms with Gasteiger partial charge in [-0.25, -0.2) is 0 Å². The van der Waals surface area contributed by atoms with Gasteiger partial charge in [0.2, 0.25) is 5.91 Å². The Kier molecular flexibility index (Phi) is 8.44. The van der Waals surface area contributed by atoms with Crippen molar-refractivity contribution < 1.29 is 9.59 Å². The average molecular weight is 304 g/mol. The summed E-state index contributed by atoms with van der Waals surface area (Å²) in [6.45, 7) is 4.63. The maximum absolute atomic E-state index is 12.1. The third-order valence-corrected chi connectivity index (χ3v) is 3.82. The maximum atomic E-state index is 12.1. The van der Waals surface area contributed by atoms with Crippen LogP contribution in [0.3, 0.4) is 0 Å². The Balaban J connectivity index is 2.40. The number of hydrogen-bond donors (Lipinski definition) is 2. The summed E-state index contributed by atoms with van der Waals surface area (Å²) in [5.74, 6) is -0.0826. The van der Waals surface area contributed by atoms with Crippen molar-refractivity contribution >= 4 is 11.7 Å². The Morgan fingerprint density at radius 2 is 1.82 bits per heavy atom. The van der Waals surface area contributed by atoms with Crippen molar-refractivity contribution in [1.29, 1.82) is 0 Å². The molecule has 0 aromatic heterocycles. The predicted molar refractivity (Wildman–Crippen MR) is 89.9 cm³/mol. The van der Waals surface area contributed by atoms with Crippen LogP contribution in [0.4, 0.5) is 0 Å². The number of amides is 1. The Labute approximate surface area is 133 Å². The molecule has 22 heavy (non-hydrogen) atoms. The highest BCUT2D eigenvalue weighted by molar-refractivity contribution is 5.97. The Morgan fingerprint density at radius 1 is 1.14 bits per heavy atom. The first-order chi connectivity index (χ1) is 10.6. The minimum absolute atomic E-state index is 0.00987. The number of aryl methyl sites for hydroxylation is 1. The molecule has 0 aliphatic heterocycles. The van der Waals surface area contributed by atoms with Gasteiger partial charge in [-0.05, 0) is 18.4 Å². The zero-order chi connectivity index (χ0) is 16.4. The summed E-state index contributed by atoms with van der Waals surface area (Å²) in [7, 11) is 0. The van der Waals surface area contributed by atoms with E-state index in [1.807, 2.05) is 24.3 Å². The number of benzene rings is 1. The van der Waals surface area contributed by atoms with E-state index in [0.29, 0.717) is 12.1 Å². The second-order valence-electron chi connectivity index (χ2n) is 5.62. The largest absolute Gasteiger partial charge is 0.352 e. The van der Waals surface area contributed by atoms with E-state index in [-0.39, 0.29) is 30.6 Å². The van der Waals surface area contributed by atoms with Gasteiger partial charge in [0.1, 0.15) is 0 Å². The van der Waals surface area contributed by atoms with Gasteiger partial charge in [-0.3, -0.25) is 9.59 Å². The number of nitrogens with one attached hydrogen (secondary N) is 1. The molecule has 122 valence electrons. The summed E-state index contributed by atoms with van der Waals surface area (Å²) in [4.78, 5) is 24.0. The van der Waals surface area contributed by atoms with Crippen LogP contribution in [0.15, 0.2) is 24.3 Å². The molecule has 0 radical (unpaired) electrons. The van der Waals surface area contributed by atoms with Gasteiger partial charge in [-0.2, -0.15) is 0 Å². The van der Waals surface area contributed by atoms with E-state index in [2.05, 4.69) is 19.2 Å². The lowest BCUT2D eigenvalue weighted by atomic mass is 10.0. The second-order valence-corrected chi connectivity index (χ2v) is 5.62. The van der Waals surface area contributed by atoms with Crippen molar-refractivity contribution in [2.45, 2.75) is 58.4 Å². The standard InChI is InChI=1S/C18H28N2O2/c1-3-5-6-16(13-19)20-18(22)12-11-17(21)15-9-7-14(4-2)8-10-15/h7-10,16H,3-6,11-13,19H2,1-2H3,(H,20,22). The van der Waals surface area contributed by atoms with E-state index in [1.54, 1.807) is 0 Å². The SMILES string of the molecule is CCCCC(CN)NC(=O)CCC(=O)c1ccc(CC)cc1. The highest BCUT2D eigenvalue weighted by atomic mass is 16.2. The number of carbonyl (C=O) groups excluding carboxylic acids is 2. The van der Waals surface area contributed by atoms with Gasteiger partial charge in [0, 0.05) is 31.0 Å². The van der Waals surface area contributed by atoms with Crippen molar-refractivity contribution in [2.24, 2.45) is 5.73 Å². The third-order valence-electron chi connectivity index (χ3n) is 3.82. The molecule has 0 bridgehead atoms. The number of rotatable bonds is 10. The van der Waals surface area contributed by atoms with Crippen LogP contribution in [0.5, 0.6) is 0 Å². The maximum Gasteiger partial charge on any atom is 0.220 e. The van der Waals surface area contributed by atoms with E-state index in [9.17, 15) is 9.59 Å². The smallest absolute Gasteiger partial charge is 0.220 e. The van der Waals surface area contributed by atoms with Crippen LogP contribution >= 0.6 is 0 Å². The van der Waals surface area contributed by atoms with E-state index in [0.717, 1.165) is 25.7 Å². The molecule has 1 atom stereocenters. The molecule has 1 rings (SSSR count). The molecule has 1 unspecified atom stereocenters. The van der Waals surface area contributed by atoms with Crippen molar-refractivity contribution in [3.8, 4) is 0 Å². The van der Waals surface area contributed by atoms with Gasteiger partial charge in [-0.1, -0.05) is 51.0 Å². The van der Waals surface area contributed by atoms with Gasteiger partial charge >= 0.3 is 0 Å². The zero-order valence-corrected chi connectivity index (χ0v) is 13.7. The molecule has 1 aromatic rings. The minimum Gasteiger partial charge on any atom is -0.352 e. The molecular formula is C18H28N2O2. The molecule has 0 saturated carbocycles. The number of hydrogen-bond acceptors (Lipinski definition) is 3. The summed E-state index contributed by atoms with van der Waals surface area (Å²) >= 11 is 0. The molecule has 1 amide bonds. The second kappa shape index (κ2) is 10.1. The molecular weight excluding hydrogens is 276 g/mol. The summed E-state index contributed by atoms with van der Waals surface area (Å²) in [5, 5.41) is 2.91. The predicted octanol–water partition coefficient (Wildman–Crippen LogP) is 2.85. The van der Waals surface area contributed by atoms with Crippen LogP contribution in [0.2, 0.25) is 0 Å². The van der Waals surface area contributed by atoms with Crippen LogP contribution < -0.4 is 11.1 Å². The van der Waals surface area contributed by atoms with Gasteiger partial charge < -0.3 is 11.1 Å². The molecule has 4 heteroatoms. The summed E-state index contributed by atoms with van der Waals surface area (Å²) in [5.41, 5.74) is 7.53. The first-order valence-electron chi connectivity index (χ1n) is 8.22. The fourth-order valence-corrected chi connectivity index (χ4v) is 2.30. The average Bonchev–Trinajstić information content (AvgIpc) is 2.56. The van der Waals surface area contributed by atoms with Crippen LogP contribution in [0.1, 0.15) is 61.9 Å². The number of carbonyl (C=O) groups is 2. The monoisotopic (exact) mass is 304 g/mol. The molecule has 0 aliphatic carbocycles. The molecule has 0 saturated heterocycles. The fourth-order valence-electron chi connectivity index (χ4n) is 2.30. The number of ketones is 1. The highest BCUT2D eigenvalue weighted by Gasteiger charge is 2.13. The van der Waals surface area contributed by atoms with Crippen LogP contribution in [0, 0.1) is 0 Å². The van der Waals surface area contributed by atoms with Gasteiger partial charge in [0.15, 0.2) is 5.78 Å². The fraction of sp³-hybridized carbons (Fsp3) is 0.556. The quantitative estimate of drug-likeness (QED) is 0.653. The molecule has 0 heterocycles. The lowest BCUT2D eigenvalue weighted by Gasteiger charge is -2.16. The van der Waals surface area contributed by atoms with Gasteiger partial charge in [0.25, 0.3) is 0 Å². The normalized spacial score (nSPS) is 12.0. The lowest BCUT2D eigenvalue weighted by molar-refractivity contribution is -0.121. The van der Waals surface area contributed by atoms with E-state index in [1.165, 1.54) is 5.56 Å². The van der Waals surface area contributed by atoms with Gasteiger partial charge in [-0.15, -0.1) is 0 Å². The number of unbranched alkanes of at least 4 members (excludes halogenated alkanes) is 1. The van der Waals surface area contributed by atoms with Crippen molar-refractivity contribution in [3.63, 3.8) is 0 Å². The number of nitrogens with two attached hydrogens (primary N) is 1. The molecule has 0 fully saturated rings.